The number of hydrogen-bond acceptors (Lipinski definition) is 4. The molecule has 4 N–H and O–H groups in total. The fourth-order valence-electron chi connectivity index (χ4n) is 1.47. The highest BCUT2D eigenvalue weighted by atomic mass is 16.1. The Kier molecular flexibility index (Phi) is 3.04. The minimum Gasteiger partial charge on any atom is -0.398 e. The van der Waals surface area contributed by atoms with Crippen molar-refractivity contribution in [3.8, 4) is 0 Å². The summed E-state index contributed by atoms with van der Waals surface area (Å²) in [5.41, 5.74) is 7.70. The molecule has 0 bridgehead atoms. The van der Waals surface area contributed by atoms with E-state index in [1.807, 2.05) is 6.92 Å². The minimum absolute atomic E-state index is 0.175. The second-order valence-electron chi connectivity index (χ2n) is 3.63. The van der Waals surface area contributed by atoms with Crippen LogP contribution in [-0.4, -0.2) is 21.1 Å². The number of benzene rings is 1. The highest BCUT2D eigenvalue weighted by molar-refractivity contribution is 5.96. The van der Waals surface area contributed by atoms with Gasteiger partial charge in [-0.1, -0.05) is 6.07 Å². The van der Waals surface area contributed by atoms with Gasteiger partial charge in [-0.15, -0.1) is 0 Å². The number of nitrogens with zero attached hydrogens (tertiary/aromatic N) is 2. The number of hydrogen-bond donors (Lipinski definition) is 3. The van der Waals surface area contributed by atoms with Gasteiger partial charge in [0.25, 0.3) is 5.91 Å². The van der Waals surface area contributed by atoms with E-state index in [-0.39, 0.29) is 5.91 Å². The molecule has 1 aromatic carbocycles. The molecule has 0 radical (unpaired) electrons. The zero-order valence-electron chi connectivity index (χ0n) is 9.40. The second-order valence-corrected chi connectivity index (χ2v) is 3.63. The van der Waals surface area contributed by atoms with Gasteiger partial charge in [0.1, 0.15) is 12.2 Å². The number of nitrogens with one attached hydrogen (secondary N) is 2. The largest absolute Gasteiger partial charge is 0.398 e. The molecule has 2 rings (SSSR count). The molecule has 17 heavy (non-hydrogen) atoms. The number of H-pyrrole nitrogens is 1. The average molecular weight is 231 g/mol. The molecule has 0 aliphatic rings. The third-order valence-corrected chi connectivity index (χ3v) is 2.50. The molecule has 1 aromatic heterocycles. The number of aromatic amines is 1. The quantitative estimate of drug-likeness (QED) is 0.675. The van der Waals surface area contributed by atoms with Crippen molar-refractivity contribution in [2.24, 2.45) is 0 Å². The first-order chi connectivity index (χ1) is 8.18. The van der Waals surface area contributed by atoms with E-state index in [1.165, 1.54) is 6.33 Å². The lowest BCUT2D eigenvalue weighted by atomic mass is 10.1. The van der Waals surface area contributed by atoms with Gasteiger partial charge in [-0.25, -0.2) is 4.98 Å². The van der Waals surface area contributed by atoms with E-state index in [1.54, 1.807) is 18.2 Å². The predicted molar refractivity (Wildman–Crippen MR) is 63.1 cm³/mol. The van der Waals surface area contributed by atoms with Gasteiger partial charge in [-0.05, 0) is 24.6 Å². The summed E-state index contributed by atoms with van der Waals surface area (Å²) in [5.74, 6) is 0.436. The molecule has 2 aromatic rings. The Labute approximate surface area is 98.3 Å². The molecule has 0 unspecified atom stereocenters. The monoisotopic (exact) mass is 231 g/mol. The van der Waals surface area contributed by atoms with Gasteiger partial charge in [0, 0.05) is 11.3 Å². The zero-order chi connectivity index (χ0) is 12.3. The van der Waals surface area contributed by atoms with E-state index in [9.17, 15) is 4.79 Å². The second kappa shape index (κ2) is 4.65. The smallest absolute Gasteiger partial charge is 0.252 e. The van der Waals surface area contributed by atoms with E-state index in [2.05, 4.69) is 20.5 Å². The van der Waals surface area contributed by atoms with E-state index in [4.69, 9.17) is 5.73 Å². The third-order valence-electron chi connectivity index (χ3n) is 2.50. The molecule has 0 spiro atoms. The Hall–Kier alpha value is -2.37. The summed E-state index contributed by atoms with van der Waals surface area (Å²) in [6.07, 6.45) is 1.40. The van der Waals surface area contributed by atoms with Crippen LogP contribution in [0.15, 0.2) is 24.5 Å². The summed E-state index contributed by atoms with van der Waals surface area (Å²) in [5, 5.41) is 9.11. The van der Waals surface area contributed by atoms with Crippen molar-refractivity contribution in [2.75, 3.05) is 5.73 Å². The van der Waals surface area contributed by atoms with Crippen LogP contribution in [0, 0.1) is 6.92 Å². The Bertz CT molecular complexity index is 521. The predicted octanol–water partition coefficient (Wildman–Crippen LogP) is 0.625. The Morgan fingerprint density at radius 1 is 1.53 bits per heavy atom. The number of carbonyl (C=O) groups is 1. The topological polar surface area (TPSA) is 96.7 Å². The third kappa shape index (κ3) is 2.41. The van der Waals surface area contributed by atoms with Gasteiger partial charge >= 0.3 is 0 Å². The van der Waals surface area contributed by atoms with Crippen LogP contribution < -0.4 is 11.1 Å². The molecule has 0 aliphatic carbocycles. The molecule has 0 saturated carbocycles. The number of nitrogens with two attached hydrogens (primary N) is 1. The number of anilines is 1. The molecule has 1 amide bonds. The number of amides is 1. The van der Waals surface area contributed by atoms with Crippen molar-refractivity contribution in [1.29, 1.82) is 0 Å². The fourth-order valence-corrected chi connectivity index (χ4v) is 1.47. The molecular formula is C11H13N5O. The van der Waals surface area contributed by atoms with Gasteiger partial charge in [0.2, 0.25) is 0 Å². The van der Waals surface area contributed by atoms with Crippen molar-refractivity contribution in [3.63, 3.8) is 0 Å². The van der Waals surface area contributed by atoms with E-state index in [0.717, 1.165) is 5.56 Å². The highest BCUT2D eigenvalue weighted by Crippen LogP contribution is 2.15. The number of rotatable bonds is 3. The highest BCUT2D eigenvalue weighted by Gasteiger charge is 2.10. The van der Waals surface area contributed by atoms with Crippen molar-refractivity contribution in [3.05, 3.63) is 41.5 Å². The van der Waals surface area contributed by atoms with Crippen LogP contribution in [0.25, 0.3) is 0 Å². The van der Waals surface area contributed by atoms with Crippen LogP contribution in [0.5, 0.6) is 0 Å². The van der Waals surface area contributed by atoms with Crippen molar-refractivity contribution < 1.29 is 4.79 Å². The van der Waals surface area contributed by atoms with Crippen LogP contribution in [0.2, 0.25) is 0 Å². The van der Waals surface area contributed by atoms with Crippen LogP contribution in [0.3, 0.4) is 0 Å². The molecule has 0 aliphatic heterocycles. The molecule has 0 atom stereocenters. The van der Waals surface area contributed by atoms with Crippen molar-refractivity contribution >= 4 is 11.6 Å². The number of aromatic nitrogens is 3. The Balaban J connectivity index is 2.07. The maximum Gasteiger partial charge on any atom is 0.252 e. The first kappa shape index (κ1) is 11.1. The number of carbonyl (C=O) groups excluding carboxylic acids is 1. The van der Waals surface area contributed by atoms with Crippen molar-refractivity contribution in [2.45, 2.75) is 13.5 Å². The molecule has 0 fully saturated rings. The first-order valence-electron chi connectivity index (χ1n) is 5.16. The Morgan fingerprint density at radius 2 is 2.35 bits per heavy atom. The van der Waals surface area contributed by atoms with Crippen LogP contribution in [0.1, 0.15) is 21.7 Å². The summed E-state index contributed by atoms with van der Waals surface area (Å²) in [7, 11) is 0. The van der Waals surface area contributed by atoms with Crippen LogP contribution in [-0.2, 0) is 6.54 Å². The van der Waals surface area contributed by atoms with Crippen molar-refractivity contribution in [1.82, 2.24) is 20.5 Å². The SMILES string of the molecule is Cc1c(N)cccc1C(=O)NCc1ncn[nH]1. The standard InChI is InChI=1S/C11H13N5O/c1-7-8(3-2-4-9(7)12)11(17)13-5-10-14-6-15-16-10/h2-4,6H,5,12H2,1H3,(H,13,17)(H,14,15,16). The molecule has 6 heteroatoms. The fraction of sp³-hybridized carbons (Fsp3) is 0.182. The van der Waals surface area contributed by atoms with Gasteiger partial charge in [-0.2, -0.15) is 5.10 Å². The lowest BCUT2D eigenvalue weighted by Crippen LogP contribution is -2.24. The molecule has 88 valence electrons. The first-order valence-corrected chi connectivity index (χ1v) is 5.16. The summed E-state index contributed by atoms with van der Waals surface area (Å²) in [4.78, 5) is 15.8. The molecule has 1 heterocycles. The molecule has 0 saturated heterocycles. The maximum atomic E-state index is 11.9. The van der Waals surface area contributed by atoms with Crippen LogP contribution in [0.4, 0.5) is 5.69 Å². The normalized spacial score (nSPS) is 10.2. The zero-order valence-corrected chi connectivity index (χ0v) is 9.40. The molecule has 6 nitrogen and oxygen atoms in total. The van der Waals surface area contributed by atoms with E-state index >= 15 is 0 Å². The maximum absolute atomic E-state index is 11.9. The van der Waals surface area contributed by atoms with Gasteiger partial charge in [0.15, 0.2) is 0 Å². The van der Waals surface area contributed by atoms with Gasteiger partial charge in [-0.3, -0.25) is 9.89 Å². The summed E-state index contributed by atoms with van der Waals surface area (Å²) in [6, 6.07) is 5.26. The minimum atomic E-state index is -0.175. The Morgan fingerprint density at radius 3 is 3.06 bits per heavy atom. The lowest BCUT2D eigenvalue weighted by Gasteiger charge is -2.08. The summed E-state index contributed by atoms with van der Waals surface area (Å²) < 4.78 is 0. The lowest BCUT2D eigenvalue weighted by molar-refractivity contribution is 0.0949. The van der Waals surface area contributed by atoms with Gasteiger partial charge < -0.3 is 11.1 Å². The summed E-state index contributed by atoms with van der Waals surface area (Å²) in [6.45, 7) is 2.13. The van der Waals surface area contributed by atoms with E-state index < -0.39 is 0 Å². The molecular weight excluding hydrogens is 218 g/mol. The summed E-state index contributed by atoms with van der Waals surface area (Å²) >= 11 is 0. The van der Waals surface area contributed by atoms with Gasteiger partial charge in [0.05, 0.1) is 6.54 Å². The average Bonchev–Trinajstić information content (AvgIpc) is 2.82. The number of nitrogen functional groups attached to an aromatic ring is 1. The van der Waals surface area contributed by atoms with Crippen LogP contribution >= 0.6 is 0 Å². The van der Waals surface area contributed by atoms with E-state index in [0.29, 0.717) is 23.6 Å².